The Hall–Kier alpha value is -18.9. The predicted octanol–water partition coefficient (Wildman–Crippen LogP) is 39.2. The first-order valence-electron chi connectivity index (χ1n) is 48.6. The van der Waals surface area contributed by atoms with Crippen LogP contribution in [0.15, 0.2) is 541 Å². The van der Waals surface area contributed by atoms with Crippen LogP contribution in [0.4, 0.5) is 51.2 Å². The number of rotatable bonds is 16. The summed E-state index contributed by atoms with van der Waals surface area (Å²) in [5.74, 6) is 0. The van der Waals surface area contributed by atoms with Gasteiger partial charge in [0.05, 0.1) is 17.1 Å². The third-order valence-corrected chi connectivity index (χ3v) is 28.6. The minimum Gasteiger partial charge on any atom is -0.455 e. The highest BCUT2D eigenvalue weighted by molar-refractivity contribution is 6.26. The van der Waals surface area contributed by atoms with Gasteiger partial charge in [-0.1, -0.05) is 437 Å². The van der Waals surface area contributed by atoms with Crippen molar-refractivity contribution in [3.8, 4) is 77.9 Å². The highest BCUT2D eigenvalue weighted by atomic mass is 16.3. The SMILES string of the molecule is c1cc(-c2cccc3c2oc2ccccc23)cc(N(c2ccc(-c3cccc4ccccc34)cc2)c2c3ccccc3c(N(c3ccc(-c4cccc5ccccc45)cc3)c3cccc(-c4cccc5c4oc4ccccc45)c3)c3ccccc23)c1.c1ccc(-c2c3ccccc3c(N(c3ccc(-c4cccc5ccccc45)cc3)c3cccc(-c4cccc5c4oc4ccccc45)c3)c3ccccc23)cc1. The van der Waals surface area contributed by atoms with E-state index in [1.807, 2.05) is 18.2 Å². The quantitative estimate of drug-likeness (QED) is 0.0710. The molecule has 0 aliphatic rings. The van der Waals surface area contributed by atoms with E-state index >= 15 is 0 Å². The van der Waals surface area contributed by atoms with Gasteiger partial charge in [0.2, 0.25) is 0 Å². The van der Waals surface area contributed by atoms with Crippen molar-refractivity contribution in [2.45, 2.75) is 0 Å². The Morgan fingerprint density at radius 1 is 0.127 bits per heavy atom. The second kappa shape index (κ2) is 34.7. The lowest BCUT2D eigenvalue weighted by molar-refractivity contribution is 0.669. The Labute approximate surface area is 820 Å². The monoisotopic (exact) mass is 1810 g/mol. The second-order valence-electron chi connectivity index (χ2n) is 36.7. The van der Waals surface area contributed by atoms with Gasteiger partial charge in [-0.3, -0.25) is 0 Å². The van der Waals surface area contributed by atoms with Crippen LogP contribution in [0.3, 0.4) is 0 Å². The van der Waals surface area contributed by atoms with Crippen LogP contribution in [-0.4, -0.2) is 0 Å². The van der Waals surface area contributed by atoms with Gasteiger partial charge in [-0.2, -0.15) is 0 Å². The molecule has 0 aliphatic heterocycles. The first kappa shape index (κ1) is 82.6. The molecule has 3 heterocycles. The van der Waals surface area contributed by atoms with Gasteiger partial charge < -0.3 is 28.0 Å². The second-order valence-corrected chi connectivity index (χ2v) is 36.7. The number of hydrogen-bond acceptors (Lipinski definition) is 6. The number of fused-ring (bicyclic) bond motifs is 16. The molecule has 0 bridgehead atoms. The zero-order valence-electron chi connectivity index (χ0n) is 77.3. The average molecular weight is 1810 g/mol. The fourth-order valence-corrected chi connectivity index (χ4v) is 22.2. The summed E-state index contributed by atoms with van der Waals surface area (Å²) < 4.78 is 20.0. The van der Waals surface area contributed by atoms with Crippen molar-refractivity contribution < 1.29 is 13.3 Å². The summed E-state index contributed by atoms with van der Waals surface area (Å²) in [5, 5.41) is 23.3. The summed E-state index contributed by atoms with van der Waals surface area (Å²) in [4.78, 5) is 7.40. The zero-order chi connectivity index (χ0) is 93.7. The van der Waals surface area contributed by atoms with Gasteiger partial charge in [0.1, 0.15) is 33.5 Å². The van der Waals surface area contributed by atoms with Crippen LogP contribution in [0.1, 0.15) is 0 Å². The van der Waals surface area contributed by atoms with E-state index in [1.165, 1.54) is 87.2 Å². The largest absolute Gasteiger partial charge is 0.455 e. The fourth-order valence-electron chi connectivity index (χ4n) is 22.2. The van der Waals surface area contributed by atoms with Gasteiger partial charge in [-0.05, 0) is 195 Å². The summed E-state index contributed by atoms with van der Waals surface area (Å²) in [6.07, 6.45) is 0. The molecule has 0 atom stereocenters. The molecule has 6 heteroatoms. The predicted molar refractivity (Wildman–Crippen MR) is 599 cm³/mol. The number of benzene rings is 25. The Morgan fingerprint density at radius 3 is 0.655 bits per heavy atom. The first-order chi connectivity index (χ1) is 70.5. The number of furan rings is 3. The number of anilines is 9. The molecule has 142 heavy (non-hydrogen) atoms. The van der Waals surface area contributed by atoms with Gasteiger partial charge in [0, 0.05) is 115 Å². The Balaban J connectivity index is 0.000000155. The molecule has 0 aliphatic carbocycles. The highest BCUT2D eigenvalue weighted by Crippen LogP contribution is 2.56. The van der Waals surface area contributed by atoms with Crippen molar-refractivity contribution in [3.63, 3.8) is 0 Å². The van der Waals surface area contributed by atoms with Crippen LogP contribution in [-0.2, 0) is 0 Å². The lowest BCUT2D eigenvalue weighted by Gasteiger charge is -2.33. The van der Waals surface area contributed by atoms with E-state index in [2.05, 4.69) is 524 Å². The molecule has 0 unspecified atom stereocenters. The lowest BCUT2D eigenvalue weighted by atomic mass is 9.89. The minimum atomic E-state index is 0.876. The third kappa shape index (κ3) is 14.2. The molecule has 0 radical (unpaired) electrons. The van der Waals surface area contributed by atoms with Crippen LogP contribution in [0.25, 0.3) is 219 Å². The molecule has 0 saturated heterocycles. The standard InChI is InChI=1S/C82H52N2O2.C54H35NO/c1-3-27-63-53(19-1)21-15-35-65(63)55-43-47-59(48-44-55)83(61-25-13-23-57(51-61)67-37-17-39-75-69-29-9-11-41-77(69)85-81(67)75)79-71-31-5-7-33-73(71)80(74-34-8-6-32-72(74)79)84(60-49-45-56(46-50-60)66-36-16-22-54-20-2-4-28-64(54)66)62-26-14-24-58(52-62)68-38-18-40-76-70-30-10-12-42-78(70)86-82(68)76;1-2-16-38(17-3-1)52-46-23-6-8-25-48(46)53(49-26-9-7-24-47(49)52)55(40-33-31-37(32-34-40)43-27-13-18-36-15-4-5-21-42(36)43)41-20-12-19-39(35-41)44-28-14-29-50-45-22-10-11-30-51(45)56-54(44)50/h1-52H;1-35H. The van der Waals surface area contributed by atoms with Crippen LogP contribution in [0, 0.1) is 0 Å². The van der Waals surface area contributed by atoms with Crippen LogP contribution < -0.4 is 14.7 Å². The maximum Gasteiger partial charge on any atom is 0.143 e. The zero-order valence-corrected chi connectivity index (χ0v) is 77.3. The van der Waals surface area contributed by atoms with E-state index in [1.54, 1.807) is 0 Å². The summed E-state index contributed by atoms with van der Waals surface area (Å²) in [7, 11) is 0. The highest BCUT2D eigenvalue weighted by Gasteiger charge is 2.30. The van der Waals surface area contributed by atoms with Gasteiger partial charge in [-0.15, -0.1) is 0 Å². The first-order valence-corrected chi connectivity index (χ1v) is 48.6. The lowest BCUT2D eigenvalue weighted by Crippen LogP contribution is -2.14. The Morgan fingerprint density at radius 2 is 0.345 bits per heavy atom. The average Bonchev–Trinajstić information content (AvgIpc) is 0.999. The molecule has 28 aromatic rings. The number of hydrogen-bond donors (Lipinski definition) is 0. The molecule has 0 fully saturated rings. The molecule has 0 N–H and O–H groups in total. The van der Waals surface area contributed by atoms with Crippen LogP contribution in [0.5, 0.6) is 0 Å². The minimum absolute atomic E-state index is 0.876. The molecular formula is C136H87N3O3. The van der Waals surface area contributed by atoms with Crippen molar-refractivity contribution in [1.29, 1.82) is 0 Å². The maximum absolute atomic E-state index is 6.70. The summed E-state index contributed by atoms with van der Waals surface area (Å²) in [6, 6.07) is 191. The van der Waals surface area contributed by atoms with E-state index < -0.39 is 0 Å². The van der Waals surface area contributed by atoms with E-state index in [0.29, 0.717) is 0 Å². The van der Waals surface area contributed by atoms with Gasteiger partial charge in [0.25, 0.3) is 0 Å². The van der Waals surface area contributed by atoms with Crippen molar-refractivity contribution in [2.24, 2.45) is 0 Å². The molecule has 3 aromatic heterocycles. The molecule has 0 spiro atoms. The molecule has 28 rings (SSSR count). The number of nitrogens with zero attached hydrogens (tertiary/aromatic N) is 3. The maximum atomic E-state index is 6.70. The van der Waals surface area contributed by atoms with Crippen molar-refractivity contribution in [1.82, 2.24) is 0 Å². The Kier molecular flexibility index (Phi) is 20.2. The normalized spacial score (nSPS) is 11.7. The molecule has 25 aromatic carbocycles. The van der Waals surface area contributed by atoms with Crippen molar-refractivity contribution >= 4 is 192 Å². The molecule has 6 nitrogen and oxygen atoms in total. The fraction of sp³-hybridized carbons (Fsp3) is 0. The smallest absolute Gasteiger partial charge is 0.143 e. The molecule has 0 amide bonds. The van der Waals surface area contributed by atoms with Crippen LogP contribution in [0.2, 0.25) is 0 Å². The van der Waals surface area contributed by atoms with Gasteiger partial charge >= 0.3 is 0 Å². The van der Waals surface area contributed by atoms with Gasteiger partial charge in [-0.25, -0.2) is 0 Å². The van der Waals surface area contributed by atoms with E-state index in [0.717, 1.165) is 183 Å². The topological polar surface area (TPSA) is 49.1 Å². The molecule has 664 valence electrons. The van der Waals surface area contributed by atoms with Crippen molar-refractivity contribution in [2.75, 3.05) is 14.7 Å². The van der Waals surface area contributed by atoms with Crippen LogP contribution >= 0.6 is 0 Å². The van der Waals surface area contributed by atoms with E-state index in [-0.39, 0.29) is 0 Å². The molecular weight excluding hydrogens is 1720 g/mol. The Bertz CT molecular complexity index is 9370. The van der Waals surface area contributed by atoms with Crippen molar-refractivity contribution in [3.05, 3.63) is 528 Å². The third-order valence-electron chi connectivity index (χ3n) is 28.6. The number of para-hydroxylation sites is 6. The molecule has 0 saturated carbocycles. The van der Waals surface area contributed by atoms with E-state index in [4.69, 9.17) is 13.3 Å². The van der Waals surface area contributed by atoms with Gasteiger partial charge in [0.15, 0.2) is 0 Å². The summed E-state index contributed by atoms with van der Waals surface area (Å²) >= 11 is 0. The van der Waals surface area contributed by atoms with E-state index in [9.17, 15) is 0 Å². The summed E-state index contributed by atoms with van der Waals surface area (Å²) in [6.45, 7) is 0. The summed E-state index contributed by atoms with van der Waals surface area (Å²) in [5.41, 5.74) is 30.8.